The summed E-state index contributed by atoms with van der Waals surface area (Å²) in [6.07, 6.45) is 0. The molecule has 0 aliphatic rings. The predicted octanol–water partition coefficient (Wildman–Crippen LogP) is 3.08. The van der Waals surface area contributed by atoms with Gasteiger partial charge in [-0.1, -0.05) is 6.07 Å². The number of H-pyrrole nitrogens is 1. The van der Waals surface area contributed by atoms with Crippen LogP contribution in [0.2, 0.25) is 0 Å². The normalized spacial score (nSPS) is 10.7. The van der Waals surface area contributed by atoms with Crippen LogP contribution in [-0.4, -0.2) is 18.0 Å². The summed E-state index contributed by atoms with van der Waals surface area (Å²) in [4.78, 5) is 27.4. The molecule has 0 atom stereocenters. The number of carbonyl (C=O) groups is 1. The van der Waals surface area contributed by atoms with Crippen molar-refractivity contribution in [2.75, 3.05) is 7.11 Å². The molecule has 3 aromatic rings. The molecule has 0 unspecified atom stereocenters. The number of hydrogen-bond donors (Lipinski definition) is 2. The summed E-state index contributed by atoms with van der Waals surface area (Å²) >= 11 is 0. The summed E-state index contributed by atoms with van der Waals surface area (Å²) in [5, 5.41) is 3.77. The minimum atomic E-state index is -0.234. The highest BCUT2D eigenvalue weighted by atomic mass is 16.5. The van der Waals surface area contributed by atoms with Gasteiger partial charge < -0.3 is 15.0 Å². The highest BCUT2D eigenvalue weighted by molar-refractivity contribution is 5.94. The van der Waals surface area contributed by atoms with Crippen molar-refractivity contribution in [1.82, 2.24) is 10.3 Å². The van der Waals surface area contributed by atoms with E-state index in [1.54, 1.807) is 31.4 Å². The number of aromatic amines is 1. The molecule has 0 bridgehead atoms. The Hall–Kier alpha value is -3.08. The Bertz CT molecular complexity index is 988. The van der Waals surface area contributed by atoms with Crippen molar-refractivity contribution >= 4 is 16.8 Å². The second-order valence-electron chi connectivity index (χ2n) is 6.08. The number of aromatic nitrogens is 1. The molecule has 1 heterocycles. The van der Waals surface area contributed by atoms with Crippen molar-refractivity contribution in [1.29, 1.82) is 0 Å². The number of fused-ring (bicyclic) bond motifs is 1. The van der Waals surface area contributed by atoms with Crippen LogP contribution >= 0.6 is 0 Å². The summed E-state index contributed by atoms with van der Waals surface area (Å²) in [5.41, 5.74) is 3.86. The molecule has 2 N–H and O–H groups in total. The van der Waals surface area contributed by atoms with Crippen LogP contribution in [0.1, 0.15) is 27.0 Å². The third-order valence-electron chi connectivity index (χ3n) is 4.18. The highest BCUT2D eigenvalue weighted by Crippen LogP contribution is 2.18. The van der Waals surface area contributed by atoms with Crippen molar-refractivity contribution in [3.8, 4) is 5.75 Å². The number of nitrogens with one attached hydrogen (secondary N) is 2. The summed E-state index contributed by atoms with van der Waals surface area (Å²) < 4.78 is 5.08. The van der Waals surface area contributed by atoms with E-state index in [1.165, 1.54) is 0 Å². The molecule has 25 heavy (non-hydrogen) atoms. The van der Waals surface area contributed by atoms with Crippen LogP contribution in [0, 0.1) is 13.8 Å². The largest absolute Gasteiger partial charge is 0.497 e. The van der Waals surface area contributed by atoms with Crippen molar-refractivity contribution in [3.63, 3.8) is 0 Å². The summed E-state index contributed by atoms with van der Waals surface area (Å²) in [6, 6.07) is 12.7. The van der Waals surface area contributed by atoms with Gasteiger partial charge in [-0.2, -0.15) is 0 Å². The van der Waals surface area contributed by atoms with Crippen LogP contribution < -0.4 is 15.6 Å². The lowest BCUT2D eigenvalue weighted by atomic mass is 10.0. The zero-order valence-electron chi connectivity index (χ0n) is 14.5. The quantitative estimate of drug-likeness (QED) is 0.769. The fraction of sp³-hybridized carbons (Fsp3) is 0.200. The summed E-state index contributed by atoms with van der Waals surface area (Å²) in [7, 11) is 1.57. The van der Waals surface area contributed by atoms with Crippen LogP contribution in [0.3, 0.4) is 0 Å². The number of rotatable bonds is 4. The number of carbonyl (C=O) groups excluding carboxylic acids is 1. The molecule has 2 aromatic carbocycles. The molecular weight excluding hydrogens is 316 g/mol. The van der Waals surface area contributed by atoms with Gasteiger partial charge in [-0.05, 0) is 61.4 Å². The van der Waals surface area contributed by atoms with E-state index in [2.05, 4.69) is 16.4 Å². The van der Waals surface area contributed by atoms with E-state index in [4.69, 9.17) is 4.74 Å². The third-order valence-corrected chi connectivity index (χ3v) is 4.18. The Labute approximate surface area is 145 Å². The van der Waals surface area contributed by atoms with Gasteiger partial charge in [0.05, 0.1) is 7.11 Å². The average Bonchev–Trinajstić information content (AvgIpc) is 2.60. The molecule has 0 aliphatic carbocycles. The first-order valence-corrected chi connectivity index (χ1v) is 8.03. The van der Waals surface area contributed by atoms with Gasteiger partial charge in [-0.3, -0.25) is 9.59 Å². The van der Waals surface area contributed by atoms with E-state index < -0.39 is 0 Å². The molecule has 0 aliphatic heterocycles. The lowest BCUT2D eigenvalue weighted by Gasteiger charge is -2.09. The molecule has 128 valence electrons. The number of pyridine rings is 1. The molecule has 0 spiro atoms. The molecule has 3 rings (SSSR count). The van der Waals surface area contributed by atoms with Crippen LogP contribution in [0.4, 0.5) is 0 Å². The maximum Gasteiger partial charge on any atom is 0.253 e. The maximum atomic E-state index is 12.3. The Kier molecular flexibility index (Phi) is 4.57. The molecule has 0 radical (unpaired) electrons. The van der Waals surface area contributed by atoms with Crippen LogP contribution in [-0.2, 0) is 6.54 Å². The van der Waals surface area contributed by atoms with Crippen molar-refractivity contribution in [3.05, 3.63) is 75.1 Å². The molecule has 1 amide bonds. The molecular formula is C20H20N2O3. The van der Waals surface area contributed by atoms with Gasteiger partial charge in [0, 0.05) is 28.6 Å². The lowest BCUT2D eigenvalue weighted by Crippen LogP contribution is -2.26. The Morgan fingerprint density at radius 3 is 2.52 bits per heavy atom. The van der Waals surface area contributed by atoms with E-state index in [-0.39, 0.29) is 18.0 Å². The summed E-state index contributed by atoms with van der Waals surface area (Å²) in [6.45, 7) is 4.17. The van der Waals surface area contributed by atoms with Gasteiger partial charge in [-0.25, -0.2) is 0 Å². The van der Waals surface area contributed by atoms with E-state index in [1.807, 2.05) is 26.0 Å². The zero-order chi connectivity index (χ0) is 18.0. The monoisotopic (exact) mass is 336 g/mol. The van der Waals surface area contributed by atoms with Gasteiger partial charge in [0.15, 0.2) is 0 Å². The highest BCUT2D eigenvalue weighted by Gasteiger charge is 2.09. The van der Waals surface area contributed by atoms with Crippen molar-refractivity contribution in [2.24, 2.45) is 0 Å². The molecule has 5 heteroatoms. The topological polar surface area (TPSA) is 71.2 Å². The zero-order valence-corrected chi connectivity index (χ0v) is 14.5. The average molecular weight is 336 g/mol. The number of aryl methyl sites for hydroxylation is 2. The Morgan fingerprint density at radius 2 is 1.84 bits per heavy atom. The summed E-state index contributed by atoms with van der Waals surface area (Å²) in [5.74, 6) is 0.455. The molecule has 0 fully saturated rings. The smallest absolute Gasteiger partial charge is 0.253 e. The molecule has 1 aromatic heterocycles. The van der Waals surface area contributed by atoms with Crippen LogP contribution in [0.15, 0.2) is 47.3 Å². The molecule has 5 nitrogen and oxygen atoms in total. The second-order valence-corrected chi connectivity index (χ2v) is 6.08. The number of amides is 1. The standard InChI is InChI=1S/C20H20N2O3/c1-12-8-13(2)17-10-15(20(24)22-18(17)9-12)11-21-19(23)14-4-6-16(25-3)7-5-14/h4-10H,11H2,1-3H3,(H,21,23)(H,22,24). The molecule has 0 saturated carbocycles. The van der Waals surface area contributed by atoms with Gasteiger partial charge in [0.1, 0.15) is 5.75 Å². The van der Waals surface area contributed by atoms with E-state index in [0.29, 0.717) is 16.9 Å². The third kappa shape index (κ3) is 3.55. The van der Waals surface area contributed by atoms with Gasteiger partial charge in [0.2, 0.25) is 0 Å². The number of benzene rings is 2. The van der Waals surface area contributed by atoms with Gasteiger partial charge in [-0.15, -0.1) is 0 Å². The number of methoxy groups -OCH3 is 1. The maximum absolute atomic E-state index is 12.3. The Balaban J connectivity index is 1.81. The first-order chi connectivity index (χ1) is 12.0. The number of hydrogen-bond acceptors (Lipinski definition) is 3. The fourth-order valence-corrected chi connectivity index (χ4v) is 2.87. The fourth-order valence-electron chi connectivity index (χ4n) is 2.87. The second kappa shape index (κ2) is 6.81. The van der Waals surface area contributed by atoms with Gasteiger partial charge >= 0.3 is 0 Å². The first kappa shape index (κ1) is 16.8. The first-order valence-electron chi connectivity index (χ1n) is 8.03. The Morgan fingerprint density at radius 1 is 1.12 bits per heavy atom. The van der Waals surface area contributed by atoms with E-state index >= 15 is 0 Å². The molecule has 0 saturated heterocycles. The van der Waals surface area contributed by atoms with Gasteiger partial charge in [0.25, 0.3) is 11.5 Å². The van der Waals surface area contributed by atoms with E-state index in [0.717, 1.165) is 22.0 Å². The van der Waals surface area contributed by atoms with Crippen LogP contribution in [0.25, 0.3) is 10.9 Å². The number of ether oxygens (including phenoxy) is 1. The predicted molar refractivity (Wildman–Crippen MR) is 98.2 cm³/mol. The lowest BCUT2D eigenvalue weighted by molar-refractivity contribution is 0.0951. The SMILES string of the molecule is COc1ccc(C(=O)NCc2cc3c(C)cc(C)cc3[nH]c2=O)cc1. The van der Waals surface area contributed by atoms with Crippen molar-refractivity contribution in [2.45, 2.75) is 20.4 Å². The minimum Gasteiger partial charge on any atom is -0.497 e. The van der Waals surface area contributed by atoms with Crippen LogP contribution in [0.5, 0.6) is 5.75 Å². The van der Waals surface area contributed by atoms with Crippen molar-refractivity contribution < 1.29 is 9.53 Å². The van der Waals surface area contributed by atoms with E-state index in [9.17, 15) is 9.59 Å². The minimum absolute atomic E-state index is 0.170.